The van der Waals surface area contributed by atoms with Gasteiger partial charge in [0.05, 0.1) is 0 Å². The van der Waals surface area contributed by atoms with Crippen LogP contribution >= 0.6 is 20.4 Å². The van der Waals surface area contributed by atoms with Crippen LogP contribution in [0, 0.1) is 0 Å². The van der Waals surface area contributed by atoms with Gasteiger partial charge in [0, 0.05) is 0 Å². The van der Waals surface area contributed by atoms with Crippen molar-refractivity contribution < 1.29 is 32.1 Å². The van der Waals surface area contributed by atoms with E-state index in [4.69, 9.17) is 0 Å². The van der Waals surface area contributed by atoms with Crippen molar-refractivity contribution in [2.45, 2.75) is 7.43 Å². The first kappa shape index (κ1) is 15.9. The average Bonchev–Trinajstić information content (AvgIpc) is 1.50. The fourth-order valence-corrected chi connectivity index (χ4v) is 0. The monoisotopic (exact) mass is 237 g/mol. The molecule has 0 aromatic heterocycles. The molecule has 0 saturated heterocycles. The molecule has 0 unspecified atom stereocenters. The number of hydrogen-bond acceptors (Lipinski definition) is 2. The zero-order chi connectivity index (χ0) is 4.00. The summed E-state index contributed by atoms with van der Waals surface area (Å²) in [6.45, 7) is 0. The summed E-state index contributed by atoms with van der Waals surface area (Å²) in [5.74, 6) is 0. The van der Waals surface area contributed by atoms with Crippen LogP contribution in [0.1, 0.15) is 7.43 Å². The van der Waals surface area contributed by atoms with Crippen molar-refractivity contribution in [2.24, 2.45) is 0 Å². The Hall–Kier alpha value is 1.63. The minimum atomic E-state index is 0. The van der Waals surface area contributed by atoms with Gasteiger partial charge in [-0.25, -0.2) is 0 Å². The van der Waals surface area contributed by atoms with Gasteiger partial charge in [0.1, 0.15) is 0 Å². The Morgan fingerprint density at radius 1 is 1.20 bits per heavy atom. The SMILES string of the molecule is C.[S]=[Co].[S]=[Mo]. The molecule has 0 aromatic carbocycles. The topological polar surface area (TPSA) is 0 Å². The Kier molecular flexibility index (Phi) is 144. The van der Waals surface area contributed by atoms with Crippen LogP contribution in [0.25, 0.3) is 0 Å². The van der Waals surface area contributed by atoms with Gasteiger partial charge in [-0.15, -0.1) is 0 Å². The van der Waals surface area contributed by atoms with Crippen molar-refractivity contribution in [3.8, 4) is 0 Å². The molecule has 0 nitrogen and oxygen atoms in total. The molecular weight excluding hydrogens is 231 g/mol. The molecular formula is CH4CoMoS2. The van der Waals surface area contributed by atoms with Crippen LogP contribution in [0.5, 0.6) is 0 Å². The van der Waals surface area contributed by atoms with Crippen LogP contribution in [0.3, 0.4) is 0 Å². The van der Waals surface area contributed by atoms with Gasteiger partial charge < -0.3 is 0 Å². The molecule has 0 atom stereocenters. The molecule has 0 N–H and O–H groups in total. The van der Waals surface area contributed by atoms with E-state index in [9.17, 15) is 0 Å². The molecule has 0 bridgehead atoms. The fourth-order valence-electron chi connectivity index (χ4n) is 0. The summed E-state index contributed by atoms with van der Waals surface area (Å²) < 4.78 is 0. The standard InChI is InChI=1S/CH4.Co.Mo.2S/h1H4;;;;. The first-order valence-corrected chi connectivity index (χ1v) is 4.64. The van der Waals surface area contributed by atoms with Gasteiger partial charge in [-0.2, -0.15) is 0 Å². The van der Waals surface area contributed by atoms with Crippen LogP contribution in [0.15, 0.2) is 0 Å². The summed E-state index contributed by atoms with van der Waals surface area (Å²) in [4.78, 5) is 0. The summed E-state index contributed by atoms with van der Waals surface area (Å²) in [7, 11) is 7.86. The van der Waals surface area contributed by atoms with Crippen molar-refractivity contribution in [3.63, 3.8) is 0 Å². The number of rotatable bonds is 0. The molecule has 0 amide bonds. The Morgan fingerprint density at radius 3 is 1.20 bits per heavy atom. The van der Waals surface area contributed by atoms with E-state index in [1.807, 2.05) is 0 Å². The van der Waals surface area contributed by atoms with Gasteiger partial charge >= 0.3 is 52.5 Å². The van der Waals surface area contributed by atoms with Gasteiger partial charge in [-0.05, 0) is 0 Å². The zero-order valence-corrected chi connectivity index (χ0v) is 6.24. The molecule has 4 heteroatoms. The van der Waals surface area contributed by atoms with Gasteiger partial charge in [-0.3, -0.25) is 0 Å². The van der Waals surface area contributed by atoms with Crippen LogP contribution in [-0.4, -0.2) is 0 Å². The molecule has 0 aliphatic rings. The molecule has 0 rings (SSSR count). The molecule has 0 fully saturated rings. The Balaban J connectivity index is -0.0000000133. The third-order valence-electron chi connectivity index (χ3n) is 0. The van der Waals surface area contributed by atoms with E-state index in [0.29, 0.717) is 0 Å². The summed E-state index contributed by atoms with van der Waals surface area (Å²) in [6.07, 6.45) is 0. The first-order chi connectivity index (χ1) is 2.00. The van der Waals surface area contributed by atoms with Gasteiger partial charge in [0.15, 0.2) is 0 Å². The predicted molar refractivity (Wildman–Crippen MR) is 21.9 cm³/mol. The van der Waals surface area contributed by atoms with Crippen molar-refractivity contribution in [2.75, 3.05) is 0 Å². The third-order valence-corrected chi connectivity index (χ3v) is 0. The molecule has 35 valence electrons. The van der Waals surface area contributed by atoms with E-state index < -0.39 is 0 Å². The maximum atomic E-state index is 4.09. The van der Waals surface area contributed by atoms with Gasteiger partial charge in [0.2, 0.25) is 0 Å². The minimum absolute atomic E-state index is 0. The second-order valence-corrected chi connectivity index (χ2v) is 0. The molecule has 0 aliphatic heterocycles. The first-order valence-electron chi connectivity index (χ1n) is 0.303. The Bertz CT molecular complexity index is 11.6. The van der Waals surface area contributed by atoms with Crippen molar-refractivity contribution >= 4 is 20.4 Å². The number of hydrogen-bond donors (Lipinski definition) is 0. The van der Waals surface area contributed by atoms with E-state index in [2.05, 4.69) is 34.5 Å². The fraction of sp³-hybridized carbons (Fsp3) is 1.00. The second-order valence-electron chi connectivity index (χ2n) is 0. The van der Waals surface area contributed by atoms with E-state index in [1.165, 1.54) is 18.0 Å². The normalized spacial score (nSPS) is 1.80. The summed E-state index contributed by atoms with van der Waals surface area (Å²) in [6, 6.07) is 0. The molecule has 0 aromatic rings. The third kappa shape index (κ3) is 27.9. The Morgan fingerprint density at radius 2 is 1.20 bits per heavy atom. The van der Waals surface area contributed by atoms with Crippen LogP contribution in [0.4, 0.5) is 0 Å². The van der Waals surface area contributed by atoms with Crippen molar-refractivity contribution in [3.05, 3.63) is 0 Å². The summed E-state index contributed by atoms with van der Waals surface area (Å²) >= 11 is 4.68. The molecule has 0 heterocycles. The van der Waals surface area contributed by atoms with E-state index in [0.717, 1.165) is 0 Å². The predicted octanol–water partition coefficient (Wildman–Crippen LogP) is 1.93. The van der Waals surface area contributed by atoms with Crippen LogP contribution < -0.4 is 0 Å². The van der Waals surface area contributed by atoms with E-state index >= 15 is 0 Å². The molecule has 0 spiro atoms. The van der Waals surface area contributed by atoms with Gasteiger partial charge in [0.25, 0.3) is 0 Å². The quantitative estimate of drug-likeness (QED) is 0.588. The molecule has 0 radical (unpaired) electrons. The average molecular weight is 235 g/mol. The summed E-state index contributed by atoms with van der Waals surface area (Å²) in [5, 5.41) is 0. The van der Waals surface area contributed by atoms with Crippen LogP contribution in [0.2, 0.25) is 0 Å². The Labute approximate surface area is 59.5 Å². The zero-order valence-electron chi connectivity index (χ0n) is 1.56. The molecule has 0 saturated carbocycles. The molecule has 5 heavy (non-hydrogen) atoms. The second kappa shape index (κ2) is 45.3. The van der Waals surface area contributed by atoms with Crippen LogP contribution in [-0.2, 0) is 32.1 Å². The van der Waals surface area contributed by atoms with E-state index in [-0.39, 0.29) is 7.43 Å². The maximum absolute atomic E-state index is 4.09. The van der Waals surface area contributed by atoms with Gasteiger partial charge in [-0.1, -0.05) is 7.43 Å². The summed E-state index contributed by atoms with van der Waals surface area (Å²) in [5.41, 5.74) is 0. The molecule has 0 aliphatic carbocycles. The van der Waals surface area contributed by atoms with E-state index in [1.54, 1.807) is 0 Å². The van der Waals surface area contributed by atoms with Crippen molar-refractivity contribution in [1.82, 2.24) is 0 Å². The van der Waals surface area contributed by atoms with Crippen molar-refractivity contribution in [1.29, 1.82) is 0 Å².